The molecule has 2 unspecified atom stereocenters. The van der Waals surface area contributed by atoms with Gasteiger partial charge in [0.05, 0.1) is 4.90 Å². The van der Waals surface area contributed by atoms with Crippen molar-refractivity contribution in [2.45, 2.75) is 56.2 Å². The van der Waals surface area contributed by atoms with Gasteiger partial charge in [-0.1, -0.05) is 50.2 Å². The number of nitrogens with zero attached hydrogens (tertiary/aromatic N) is 1. The summed E-state index contributed by atoms with van der Waals surface area (Å²) in [6.07, 6.45) is 6.92. The second-order valence-corrected chi connectivity index (χ2v) is 11.5. The second kappa shape index (κ2) is 9.58. The van der Waals surface area contributed by atoms with E-state index < -0.39 is 15.2 Å². The lowest BCUT2D eigenvalue weighted by molar-refractivity contribution is 0.149. The number of aromatic amines is 1. The lowest BCUT2D eigenvalue weighted by atomic mass is 9.91. The van der Waals surface area contributed by atoms with Crippen LogP contribution < -0.4 is 0 Å². The molecule has 1 aliphatic rings. The largest absolute Gasteiger partial charge is 0.361 e. The van der Waals surface area contributed by atoms with Crippen LogP contribution in [-0.2, 0) is 16.3 Å². The Kier molecular flexibility index (Phi) is 6.83. The van der Waals surface area contributed by atoms with E-state index in [4.69, 9.17) is 0 Å². The molecule has 2 atom stereocenters. The number of likely N-dealkylation sites (tertiary alicyclic amines) is 1. The maximum atomic E-state index is 13.6. The Morgan fingerprint density at radius 1 is 1.03 bits per heavy atom. The van der Waals surface area contributed by atoms with Crippen LogP contribution in [0.2, 0.25) is 0 Å². The Balaban J connectivity index is 1.55. The molecular formula is C26H34N2O2S. The maximum absolute atomic E-state index is 13.6. The van der Waals surface area contributed by atoms with Gasteiger partial charge in [0.1, 0.15) is 5.37 Å². The van der Waals surface area contributed by atoms with Crippen LogP contribution in [-0.4, -0.2) is 36.8 Å². The quantitative estimate of drug-likeness (QED) is 0.494. The first kappa shape index (κ1) is 22.1. The molecule has 2 heterocycles. The van der Waals surface area contributed by atoms with Crippen molar-refractivity contribution in [1.82, 2.24) is 9.88 Å². The topological polar surface area (TPSA) is 53.2 Å². The predicted molar refractivity (Wildman–Crippen MR) is 128 cm³/mol. The van der Waals surface area contributed by atoms with Crippen molar-refractivity contribution in [1.29, 1.82) is 0 Å². The minimum Gasteiger partial charge on any atom is -0.361 e. The molecule has 166 valence electrons. The molecule has 0 amide bonds. The van der Waals surface area contributed by atoms with Crippen molar-refractivity contribution >= 4 is 20.7 Å². The van der Waals surface area contributed by atoms with Gasteiger partial charge in [0.15, 0.2) is 9.84 Å². The molecule has 4 nitrogen and oxygen atoms in total. The van der Waals surface area contributed by atoms with E-state index >= 15 is 0 Å². The number of piperidine rings is 1. The van der Waals surface area contributed by atoms with Crippen LogP contribution in [0.5, 0.6) is 0 Å². The fourth-order valence-electron chi connectivity index (χ4n) is 4.91. The van der Waals surface area contributed by atoms with Crippen molar-refractivity contribution in [3.8, 4) is 0 Å². The average molecular weight is 439 g/mol. The molecule has 0 saturated carbocycles. The number of hydrogen-bond donors (Lipinski definition) is 1. The molecule has 1 saturated heterocycles. The molecule has 4 rings (SSSR count). The molecule has 1 aliphatic heterocycles. The number of fused-ring (bicyclic) bond motifs is 1. The van der Waals surface area contributed by atoms with Gasteiger partial charge in [-0.15, -0.1) is 0 Å². The number of nitrogens with one attached hydrogen (secondary N) is 1. The van der Waals surface area contributed by atoms with E-state index in [0.29, 0.717) is 23.2 Å². The monoisotopic (exact) mass is 438 g/mol. The number of sulfone groups is 1. The van der Waals surface area contributed by atoms with Crippen molar-refractivity contribution < 1.29 is 8.42 Å². The fraction of sp³-hybridized carbons (Fsp3) is 0.462. The molecular weight excluding hydrogens is 404 g/mol. The van der Waals surface area contributed by atoms with E-state index in [0.717, 1.165) is 38.8 Å². The first-order valence-electron chi connectivity index (χ1n) is 11.5. The van der Waals surface area contributed by atoms with E-state index in [2.05, 4.69) is 54.2 Å². The van der Waals surface area contributed by atoms with Crippen LogP contribution >= 0.6 is 0 Å². The number of rotatable bonds is 8. The minimum absolute atomic E-state index is 0.442. The zero-order valence-electron chi connectivity index (χ0n) is 18.6. The van der Waals surface area contributed by atoms with Crippen LogP contribution in [0, 0.1) is 11.8 Å². The Morgan fingerprint density at radius 3 is 2.55 bits per heavy atom. The molecule has 5 heteroatoms. The molecule has 1 aromatic heterocycles. The van der Waals surface area contributed by atoms with Gasteiger partial charge in [-0.2, -0.15) is 0 Å². The lowest BCUT2D eigenvalue weighted by Crippen LogP contribution is -2.47. The highest BCUT2D eigenvalue weighted by Gasteiger charge is 2.35. The van der Waals surface area contributed by atoms with Gasteiger partial charge in [-0.05, 0) is 74.2 Å². The third-order valence-electron chi connectivity index (χ3n) is 6.56. The SMILES string of the molecule is CC(C)CCC(N1CCCC(Cc2c[nH]c3ccccc23)C1)S(=O)(=O)c1ccccc1. The number of benzene rings is 2. The number of para-hydroxylation sites is 1. The molecule has 0 radical (unpaired) electrons. The van der Waals surface area contributed by atoms with E-state index in [-0.39, 0.29) is 0 Å². The zero-order chi connectivity index (χ0) is 21.8. The summed E-state index contributed by atoms with van der Waals surface area (Å²) in [6.45, 7) is 6.04. The third kappa shape index (κ3) is 5.04. The predicted octanol–water partition coefficient (Wildman–Crippen LogP) is 5.66. The van der Waals surface area contributed by atoms with E-state index in [1.807, 2.05) is 18.2 Å². The van der Waals surface area contributed by atoms with E-state index in [9.17, 15) is 8.42 Å². The molecule has 0 spiro atoms. The summed E-state index contributed by atoms with van der Waals surface area (Å²) in [6, 6.07) is 17.4. The first-order valence-corrected chi connectivity index (χ1v) is 13.1. The standard InChI is InChI=1S/C26H34N2O2S/c1-20(2)14-15-26(31(29,30)23-10-4-3-5-11-23)28-16-8-9-21(19-28)17-22-18-27-25-13-7-6-12-24(22)25/h3-7,10-13,18,20-21,26-27H,8-9,14-17,19H2,1-2H3. The molecule has 2 aromatic carbocycles. The highest BCUT2D eigenvalue weighted by Crippen LogP contribution is 2.31. The van der Waals surface area contributed by atoms with Crippen molar-refractivity contribution in [2.24, 2.45) is 11.8 Å². The van der Waals surface area contributed by atoms with Crippen molar-refractivity contribution in [2.75, 3.05) is 13.1 Å². The van der Waals surface area contributed by atoms with Gasteiger partial charge in [0.25, 0.3) is 0 Å². The molecule has 1 N–H and O–H groups in total. The normalized spacial score (nSPS) is 19.1. The first-order chi connectivity index (χ1) is 14.9. The van der Waals surface area contributed by atoms with Crippen LogP contribution in [0.4, 0.5) is 0 Å². The Hall–Kier alpha value is -2.11. The molecule has 3 aromatic rings. The van der Waals surface area contributed by atoms with E-state index in [1.165, 1.54) is 16.5 Å². The number of aromatic nitrogens is 1. The van der Waals surface area contributed by atoms with Crippen molar-refractivity contribution in [3.05, 3.63) is 66.4 Å². The van der Waals surface area contributed by atoms with Gasteiger partial charge in [-0.3, -0.25) is 4.90 Å². The zero-order valence-corrected chi connectivity index (χ0v) is 19.4. The van der Waals surface area contributed by atoms with Gasteiger partial charge >= 0.3 is 0 Å². The van der Waals surface area contributed by atoms with Gasteiger partial charge in [0.2, 0.25) is 0 Å². The van der Waals surface area contributed by atoms with Crippen LogP contribution in [0.15, 0.2) is 65.7 Å². The van der Waals surface area contributed by atoms with Crippen LogP contribution in [0.25, 0.3) is 10.9 Å². The van der Waals surface area contributed by atoms with Crippen molar-refractivity contribution in [3.63, 3.8) is 0 Å². The Morgan fingerprint density at radius 2 is 1.77 bits per heavy atom. The van der Waals surface area contributed by atoms with Gasteiger partial charge < -0.3 is 4.98 Å². The Bertz CT molecular complexity index is 1090. The molecule has 31 heavy (non-hydrogen) atoms. The van der Waals surface area contributed by atoms with Gasteiger partial charge in [-0.25, -0.2) is 8.42 Å². The fourth-order valence-corrected chi connectivity index (χ4v) is 6.80. The molecule has 0 bridgehead atoms. The van der Waals surface area contributed by atoms with E-state index in [1.54, 1.807) is 12.1 Å². The van der Waals surface area contributed by atoms with Crippen LogP contribution in [0.1, 0.15) is 45.1 Å². The highest BCUT2D eigenvalue weighted by molar-refractivity contribution is 7.92. The summed E-state index contributed by atoms with van der Waals surface area (Å²) in [5, 5.41) is 0.843. The van der Waals surface area contributed by atoms with Gasteiger partial charge in [0, 0.05) is 23.6 Å². The smallest absolute Gasteiger partial charge is 0.194 e. The summed E-state index contributed by atoms with van der Waals surface area (Å²) in [7, 11) is -3.40. The molecule has 0 aliphatic carbocycles. The highest BCUT2D eigenvalue weighted by atomic mass is 32.2. The third-order valence-corrected chi connectivity index (χ3v) is 8.74. The lowest BCUT2D eigenvalue weighted by Gasteiger charge is -2.38. The summed E-state index contributed by atoms with van der Waals surface area (Å²) in [5.74, 6) is 0.959. The Labute approximate surface area is 186 Å². The summed E-state index contributed by atoms with van der Waals surface area (Å²) in [4.78, 5) is 6.09. The number of H-pyrrole nitrogens is 1. The minimum atomic E-state index is -3.40. The summed E-state index contributed by atoms with van der Waals surface area (Å²) < 4.78 is 27.2. The molecule has 1 fully saturated rings. The summed E-state index contributed by atoms with van der Waals surface area (Å²) >= 11 is 0. The maximum Gasteiger partial charge on any atom is 0.194 e. The summed E-state index contributed by atoms with van der Waals surface area (Å²) in [5.41, 5.74) is 2.51. The van der Waals surface area contributed by atoms with Crippen LogP contribution in [0.3, 0.4) is 0 Å². The number of hydrogen-bond acceptors (Lipinski definition) is 3. The second-order valence-electron chi connectivity index (χ2n) is 9.35. The average Bonchev–Trinajstić information content (AvgIpc) is 3.17.